The summed E-state index contributed by atoms with van der Waals surface area (Å²) in [4.78, 5) is 43.4. The Morgan fingerprint density at radius 3 is 2.35 bits per heavy atom. The van der Waals surface area contributed by atoms with Crippen molar-refractivity contribution in [1.82, 2.24) is 14.4 Å². The monoisotopic (exact) mass is 529 g/mol. The highest BCUT2D eigenvalue weighted by molar-refractivity contribution is 6.39. The highest BCUT2D eigenvalue weighted by Crippen LogP contribution is 2.42. The van der Waals surface area contributed by atoms with Crippen LogP contribution in [0.5, 0.6) is 5.75 Å². The number of halogens is 2. The van der Waals surface area contributed by atoms with Gasteiger partial charge in [0.25, 0.3) is 5.56 Å². The molecule has 3 heterocycles. The maximum Gasteiger partial charge on any atom is 0.268 e. The normalized spacial score (nSPS) is 10.9. The lowest BCUT2D eigenvalue weighted by Gasteiger charge is -2.14. The van der Waals surface area contributed by atoms with Gasteiger partial charge in [-0.2, -0.15) is 0 Å². The van der Waals surface area contributed by atoms with Crippen molar-refractivity contribution in [3.63, 3.8) is 0 Å². The molecule has 0 amide bonds. The molecule has 9 heteroatoms. The highest BCUT2D eigenvalue weighted by Gasteiger charge is 2.17. The van der Waals surface area contributed by atoms with E-state index >= 15 is 0 Å². The number of pyridine rings is 2. The molecule has 5 aromatic rings. The van der Waals surface area contributed by atoms with E-state index in [1.165, 1.54) is 17.7 Å². The van der Waals surface area contributed by atoms with Crippen LogP contribution >= 0.6 is 23.2 Å². The summed E-state index contributed by atoms with van der Waals surface area (Å²) in [6, 6.07) is 15.9. The Hall–Kier alpha value is -4.33. The van der Waals surface area contributed by atoms with Crippen LogP contribution in [-0.4, -0.2) is 34.1 Å². The lowest BCUT2D eigenvalue weighted by molar-refractivity contribution is 0.111. The van der Waals surface area contributed by atoms with Gasteiger partial charge in [-0.1, -0.05) is 47.5 Å². The van der Waals surface area contributed by atoms with Gasteiger partial charge in [-0.25, -0.2) is 4.98 Å². The van der Waals surface area contributed by atoms with Gasteiger partial charge in [-0.3, -0.25) is 23.8 Å². The molecular formula is C28H17Cl2N3O4. The molecule has 0 aliphatic rings. The number of ether oxygens (including phenoxy) is 1. The second kappa shape index (κ2) is 9.97. The van der Waals surface area contributed by atoms with Crippen LogP contribution in [-0.2, 0) is 0 Å². The predicted octanol–water partition coefficient (Wildman–Crippen LogP) is 6.03. The molecule has 3 aromatic heterocycles. The highest BCUT2D eigenvalue weighted by atomic mass is 35.5. The van der Waals surface area contributed by atoms with E-state index in [1.807, 2.05) is 18.2 Å². The molecule has 182 valence electrons. The molecule has 0 aliphatic carbocycles. The Kier molecular flexibility index (Phi) is 6.56. The fourth-order valence-electron chi connectivity index (χ4n) is 4.11. The molecular weight excluding hydrogens is 513 g/mol. The minimum atomic E-state index is -0.444. The molecule has 0 fully saturated rings. The molecule has 5 rings (SSSR count). The first-order valence-corrected chi connectivity index (χ1v) is 11.8. The van der Waals surface area contributed by atoms with Crippen LogP contribution in [0.3, 0.4) is 0 Å². The molecule has 0 N–H and O–H groups in total. The van der Waals surface area contributed by atoms with Crippen molar-refractivity contribution in [2.24, 2.45) is 0 Å². The Morgan fingerprint density at radius 1 is 0.838 bits per heavy atom. The van der Waals surface area contributed by atoms with Crippen LogP contribution in [0.1, 0.15) is 20.7 Å². The Bertz CT molecular complexity index is 1770. The molecule has 2 aromatic carbocycles. The third-order valence-corrected chi connectivity index (χ3v) is 6.78. The number of benzene rings is 2. The summed E-state index contributed by atoms with van der Waals surface area (Å²) in [5.74, 6) is 0.417. The summed E-state index contributed by atoms with van der Waals surface area (Å²) in [7, 11) is 1.49. The molecule has 7 nitrogen and oxygen atoms in total. The first-order chi connectivity index (χ1) is 18.0. The minimum absolute atomic E-state index is 0.0215. The quantitative estimate of drug-likeness (QED) is 0.249. The lowest BCUT2D eigenvalue weighted by Crippen LogP contribution is -2.18. The zero-order valence-corrected chi connectivity index (χ0v) is 20.8. The largest absolute Gasteiger partial charge is 0.496 e. The molecule has 0 saturated heterocycles. The number of fused-ring (bicyclic) bond motifs is 1. The van der Waals surface area contributed by atoms with Crippen molar-refractivity contribution in [3.8, 4) is 39.3 Å². The second-order valence-electron chi connectivity index (χ2n) is 8.04. The maximum absolute atomic E-state index is 12.4. The Morgan fingerprint density at radius 2 is 1.59 bits per heavy atom. The average molecular weight is 530 g/mol. The third kappa shape index (κ3) is 4.28. The number of methoxy groups -OCH3 is 1. The van der Waals surface area contributed by atoms with Gasteiger partial charge < -0.3 is 4.74 Å². The molecule has 0 unspecified atom stereocenters. The van der Waals surface area contributed by atoms with Gasteiger partial charge in [0.1, 0.15) is 11.4 Å². The summed E-state index contributed by atoms with van der Waals surface area (Å²) < 4.78 is 6.63. The van der Waals surface area contributed by atoms with Crippen LogP contribution in [0.15, 0.2) is 78.0 Å². The van der Waals surface area contributed by atoms with Gasteiger partial charge in [-0.05, 0) is 35.9 Å². The fraction of sp³-hybridized carbons (Fsp3) is 0.0357. The number of hydrogen-bond donors (Lipinski definition) is 0. The number of aromatic nitrogens is 3. The number of rotatable bonds is 6. The molecule has 0 radical (unpaired) electrons. The van der Waals surface area contributed by atoms with Crippen molar-refractivity contribution < 1.29 is 14.3 Å². The van der Waals surface area contributed by atoms with Gasteiger partial charge in [0.05, 0.1) is 34.0 Å². The molecule has 0 saturated carbocycles. The maximum atomic E-state index is 12.4. The van der Waals surface area contributed by atoms with Crippen LogP contribution < -0.4 is 10.3 Å². The standard InChI is InChI=1S/C28H17Cl2N3O4/c1-37-23-11-17(5-6-18(23)14-34)27-26(30)22(7-9-31-27)21-4-2-3-20(25(21)29)16-8-10-33-24(12-16)32-13-19(15-35)28(33)36/h2-15H,1H3. The first-order valence-electron chi connectivity index (χ1n) is 11.0. The molecule has 0 atom stereocenters. The summed E-state index contributed by atoms with van der Waals surface area (Å²) in [5.41, 5.74) is 4.33. The number of carbonyl (C=O) groups excluding carboxylic acids is 2. The molecule has 0 spiro atoms. The summed E-state index contributed by atoms with van der Waals surface area (Å²) in [5, 5.41) is 0.835. The second-order valence-corrected chi connectivity index (χ2v) is 8.80. The zero-order chi connectivity index (χ0) is 26.1. The number of nitrogens with zero attached hydrogens (tertiary/aromatic N) is 3. The van der Waals surface area contributed by atoms with Crippen molar-refractivity contribution in [2.45, 2.75) is 0 Å². The van der Waals surface area contributed by atoms with Gasteiger partial charge in [-0.15, -0.1) is 0 Å². The van der Waals surface area contributed by atoms with Crippen molar-refractivity contribution in [1.29, 1.82) is 0 Å². The molecule has 0 aliphatic heterocycles. The number of aldehydes is 2. The van der Waals surface area contributed by atoms with E-state index in [9.17, 15) is 14.4 Å². The minimum Gasteiger partial charge on any atom is -0.496 e. The topological polar surface area (TPSA) is 90.6 Å². The summed E-state index contributed by atoms with van der Waals surface area (Å²) >= 11 is 13.7. The van der Waals surface area contributed by atoms with E-state index in [-0.39, 0.29) is 5.56 Å². The van der Waals surface area contributed by atoms with Gasteiger partial charge in [0, 0.05) is 40.8 Å². The predicted molar refractivity (Wildman–Crippen MR) is 143 cm³/mol. The first kappa shape index (κ1) is 24.4. The smallest absolute Gasteiger partial charge is 0.268 e. The Balaban J connectivity index is 1.62. The van der Waals surface area contributed by atoms with Crippen LogP contribution in [0, 0.1) is 0 Å². The van der Waals surface area contributed by atoms with E-state index in [0.717, 1.165) is 11.8 Å². The van der Waals surface area contributed by atoms with E-state index < -0.39 is 5.56 Å². The van der Waals surface area contributed by atoms with Crippen molar-refractivity contribution >= 4 is 41.4 Å². The van der Waals surface area contributed by atoms with E-state index in [0.29, 0.717) is 61.2 Å². The fourth-order valence-corrected chi connectivity index (χ4v) is 4.77. The van der Waals surface area contributed by atoms with Crippen LogP contribution in [0.4, 0.5) is 0 Å². The summed E-state index contributed by atoms with van der Waals surface area (Å²) in [6.45, 7) is 0. The zero-order valence-electron chi connectivity index (χ0n) is 19.3. The third-order valence-electron chi connectivity index (χ3n) is 5.99. The van der Waals surface area contributed by atoms with Crippen molar-refractivity contribution in [3.05, 3.63) is 105 Å². The van der Waals surface area contributed by atoms with Gasteiger partial charge in [0.2, 0.25) is 0 Å². The molecule has 0 bridgehead atoms. The van der Waals surface area contributed by atoms with Gasteiger partial charge >= 0.3 is 0 Å². The van der Waals surface area contributed by atoms with Gasteiger partial charge in [0.15, 0.2) is 12.6 Å². The van der Waals surface area contributed by atoms with E-state index in [2.05, 4.69) is 9.97 Å². The summed E-state index contributed by atoms with van der Waals surface area (Å²) in [6.07, 6.45) is 5.65. The van der Waals surface area contributed by atoms with Crippen LogP contribution in [0.2, 0.25) is 10.0 Å². The Labute approximate surface area is 220 Å². The number of carbonyl (C=O) groups is 2. The molecule has 37 heavy (non-hydrogen) atoms. The van der Waals surface area contributed by atoms with Crippen LogP contribution in [0.25, 0.3) is 39.2 Å². The van der Waals surface area contributed by atoms with E-state index in [4.69, 9.17) is 27.9 Å². The lowest BCUT2D eigenvalue weighted by atomic mass is 9.98. The van der Waals surface area contributed by atoms with Crippen molar-refractivity contribution in [2.75, 3.05) is 7.11 Å². The number of hydrogen-bond acceptors (Lipinski definition) is 6. The SMILES string of the molecule is COc1cc(-c2nccc(-c3cccc(-c4ccn5c(=O)c(C=O)cnc5c4)c3Cl)c2Cl)ccc1C=O. The van der Waals surface area contributed by atoms with E-state index in [1.54, 1.807) is 48.8 Å². The average Bonchev–Trinajstić information content (AvgIpc) is 2.93.